The molecule has 1 unspecified atom stereocenters. The first-order chi connectivity index (χ1) is 13.4. The maximum atomic E-state index is 13.8. The molecule has 6 heteroatoms. The summed E-state index contributed by atoms with van der Waals surface area (Å²) in [7, 11) is 0. The Morgan fingerprint density at radius 1 is 1.14 bits per heavy atom. The third-order valence-electron chi connectivity index (χ3n) is 5.67. The van der Waals surface area contributed by atoms with Crippen molar-refractivity contribution in [2.24, 2.45) is 5.73 Å². The molecule has 3 rings (SSSR count). The molecule has 3 N–H and O–H groups in total. The monoisotopic (exact) mass is 420 g/mol. The van der Waals surface area contributed by atoms with Crippen LogP contribution in [0.25, 0.3) is 0 Å². The quantitative estimate of drug-likeness (QED) is 0.734. The van der Waals surface area contributed by atoms with Crippen LogP contribution in [0.2, 0.25) is 0 Å². The zero-order valence-electron chi connectivity index (χ0n) is 17.0. The minimum Gasteiger partial charge on any atom is -0.381 e. The van der Waals surface area contributed by atoms with Crippen molar-refractivity contribution in [3.63, 3.8) is 0 Å². The van der Waals surface area contributed by atoms with Gasteiger partial charge in [0.1, 0.15) is 5.82 Å². The Morgan fingerprint density at radius 3 is 2.34 bits per heavy atom. The maximum Gasteiger partial charge on any atom is 0.230 e. The van der Waals surface area contributed by atoms with E-state index in [1.54, 1.807) is 6.07 Å². The van der Waals surface area contributed by atoms with Crippen LogP contribution < -0.4 is 11.1 Å². The minimum atomic E-state index is -0.776. The summed E-state index contributed by atoms with van der Waals surface area (Å²) >= 11 is 0. The molecule has 0 bridgehead atoms. The van der Waals surface area contributed by atoms with Crippen molar-refractivity contribution in [3.8, 4) is 0 Å². The first-order valence-electron chi connectivity index (χ1n) is 9.90. The van der Waals surface area contributed by atoms with Crippen LogP contribution in [0, 0.1) is 5.82 Å². The van der Waals surface area contributed by atoms with Gasteiger partial charge in [0.05, 0.1) is 5.41 Å². The van der Waals surface area contributed by atoms with Gasteiger partial charge in [-0.05, 0) is 47.6 Å². The van der Waals surface area contributed by atoms with E-state index in [9.17, 15) is 9.18 Å². The summed E-state index contributed by atoms with van der Waals surface area (Å²) in [5.41, 5.74) is 8.47. The van der Waals surface area contributed by atoms with Gasteiger partial charge in [-0.1, -0.05) is 50.2 Å². The van der Waals surface area contributed by atoms with Crippen molar-refractivity contribution in [1.29, 1.82) is 0 Å². The average molecular weight is 421 g/mol. The summed E-state index contributed by atoms with van der Waals surface area (Å²) in [5, 5.41) is 3.00. The third kappa shape index (κ3) is 5.35. The molecule has 0 saturated carbocycles. The summed E-state index contributed by atoms with van der Waals surface area (Å²) in [5.74, 6) is 0.0124. The van der Waals surface area contributed by atoms with Crippen LogP contribution in [-0.2, 0) is 14.9 Å². The van der Waals surface area contributed by atoms with Crippen LogP contribution in [0.3, 0.4) is 0 Å². The molecule has 1 aliphatic heterocycles. The minimum absolute atomic E-state index is 0. The molecular formula is C23H30ClFN2O2. The fourth-order valence-corrected chi connectivity index (χ4v) is 3.77. The van der Waals surface area contributed by atoms with Crippen LogP contribution in [0.15, 0.2) is 48.5 Å². The zero-order valence-corrected chi connectivity index (χ0v) is 17.8. The van der Waals surface area contributed by atoms with Gasteiger partial charge in [0.25, 0.3) is 0 Å². The summed E-state index contributed by atoms with van der Waals surface area (Å²) in [4.78, 5) is 13.2. The van der Waals surface area contributed by atoms with E-state index in [1.165, 1.54) is 17.7 Å². The Balaban J connectivity index is 0.00000300. The number of carbonyl (C=O) groups is 1. The fourth-order valence-electron chi connectivity index (χ4n) is 3.77. The Hall–Kier alpha value is -1.95. The number of carbonyl (C=O) groups excluding carboxylic acids is 1. The second kappa shape index (κ2) is 10.2. The van der Waals surface area contributed by atoms with Gasteiger partial charge in [-0.15, -0.1) is 12.4 Å². The van der Waals surface area contributed by atoms with Crippen LogP contribution >= 0.6 is 12.4 Å². The standard InChI is InChI=1S/C23H29FN2O2.ClH/c1-16(2)17-6-8-18(9-7-17)21(25)15-26-22(27)23(10-12-28-13-11-23)19-4-3-5-20(24)14-19;/h3-9,14,16,21H,10-13,15,25H2,1-2H3,(H,26,27);1H. The SMILES string of the molecule is CC(C)c1ccc(C(N)CNC(=O)C2(c3cccc(F)c3)CCOCC2)cc1.Cl. The molecule has 4 nitrogen and oxygen atoms in total. The van der Waals surface area contributed by atoms with E-state index in [0.29, 0.717) is 44.1 Å². The number of hydrogen-bond donors (Lipinski definition) is 2. The Morgan fingerprint density at radius 2 is 1.76 bits per heavy atom. The van der Waals surface area contributed by atoms with Gasteiger partial charge < -0.3 is 15.8 Å². The molecule has 2 aromatic rings. The topological polar surface area (TPSA) is 64.3 Å². The van der Waals surface area contributed by atoms with Gasteiger partial charge in [0.2, 0.25) is 5.91 Å². The van der Waals surface area contributed by atoms with E-state index in [0.717, 1.165) is 5.56 Å². The van der Waals surface area contributed by atoms with E-state index in [1.807, 2.05) is 18.2 Å². The fraction of sp³-hybridized carbons (Fsp3) is 0.435. The highest BCUT2D eigenvalue weighted by atomic mass is 35.5. The van der Waals surface area contributed by atoms with Crippen LogP contribution in [0.5, 0.6) is 0 Å². The van der Waals surface area contributed by atoms with Gasteiger partial charge in [0, 0.05) is 25.8 Å². The van der Waals surface area contributed by atoms with E-state index in [4.69, 9.17) is 10.5 Å². The van der Waals surface area contributed by atoms with Crippen molar-refractivity contribution in [2.45, 2.75) is 44.1 Å². The highest BCUT2D eigenvalue weighted by Crippen LogP contribution is 2.35. The largest absolute Gasteiger partial charge is 0.381 e. The van der Waals surface area contributed by atoms with Crippen LogP contribution in [0.1, 0.15) is 55.3 Å². The van der Waals surface area contributed by atoms with E-state index >= 15 is 0 Å². The second-order valence-corrected chi connectivity index (χ2v) is 7.84. The molecule has 0 radical (unpaired) electrons. The molecule has 0 aromatic heterocycles. The van der Waals surface area contributed by atoms with E-state index in [2.05, 4.69) is 31.3 Å². The molecular weight excluding hydrogens is 391 g/mol. The number of rotatable bonds is 6. The predicted molar refractivity (Wildman–Crippen MR) is 116 cm³/mol. The molecule has 1 heterocycles. The first-order valence-corrected chi connectivity index (χ1v) is 9.90. The number of halogens is 2. The number of hydrogen-bond acceptors (Lipinski definition) is 3. The molecule has 2 aromatic carbocycles. The van der Waals surface area contributed by atoms with E-state index < -0.39 is 5.41 Å². The van der Waals surface area contributed by atoms with Crippen molar-refractivity contribution in [1.82, 2.24) is 5.32 Å². The lowest BCUT2D eigenvalue weighted by Crippen LogP contribution is -2.49. The molecule has 0 spiro atoms. The number of amides is 1. The molecule has 1 amide bonds. The van der Waals surface area contributed by atoms with Gasteiger partial charge in [-0.3, -0.25) is 4.79 Å². The van der Waals surface area contributed by atoms with E-state index in [-0.39, 0.29) is 30.2 Å². The molecule has 0 aliphatic carbocycles. The lowest BCUT2D eigenvalue weighted by atomic mass is 9.73. The number of benzene rings is 2. The number of ether oxygens (including phenoxy) is 1. The zero-order chi connectivity index (χ0) is 20.1. The van der Waals surface area contributed by atoms with Gasteiger partial charge in [-0.2, -0.15) is 0 Å². The van der Waals surface area contributed by atoms with Crippen molar-refractivity contribution in [3.05, 3.63) is 71.0 Å². The number of nitrogens with one attached hydrogen (secondary N) is 1. The first kappa shape index (κ1) is 23.3. The van der Waals surface area contributed by atoms with Crippen molar-refractivity contribution in [2.75, 3.05) is 19.8 Å². The Bertz CT molecular complexity index is 805. The predicted octanol–water partition coefficient (Wildman–Crippen LogP) is 4.24. The highest BCUT2D eigenvalue weighted by molar-refractivity contribution is 5.88. The van der Waals surface area contributed by atoms with Gasteiger partial charge in [0.15, 0.2) is 0 Å². The Labute approximate surface area is 178 Å². The average Bonchev–Trinajstić information content (AvgIpc) is 2.72. The summed E-state index contributed by atoms with van der Waals surface area (Å²) < 4.78 is 19.3. The van der Waals surface area contributed by atoms with Crippen LogP contribution in [0.4, 0.5) is 4.39 Å². The summed E-state index contributed by atoms with van der Waals surface area (Å²) in [6.07, 6.45) is 1.06. The third-order valence-corrected chi connectivity index (χ3v) is 5.67. The smallest absolute Gasteiger partial charge is 0.230 e. The summed E-state index contributed by atoms with van der Waals surface area (Å²) in [6, 6.07) is 14.2. The molecule has 29 heavy (non-hydrogen) atoms. The summed E-state index contributed by atoms with van der Waals surface area (Å²) in [6.45, 7) is 5.58. The lowest BCUT2D eigenvalue weighted by Gasteiger charge is -2.36. The Kier molecular flexibility index (Phi) is 8.20. The molecule has 1 fully saturated rings. The molecule has 1 aliphatic rings. The molecule has 158 valence electrons. The van der Waals surface area contributed by atoms with Crippen molar-refractivity contribution < 1.29 is 13.9 Å². The molecule has 1 saturated heterocycles. The lowest BCUT2D eigenvalue weighted by molar-refractivity contribution is -0.130. The van der Waals surface area contributed by atoms with Gasteiger partial charge >= 0.3 is 0 Å². The number of nitrogens with two attached hydrogens (primary N) is 1. The second-order valence-electron chi connectivity index (χ2n) is 7.84. The van der Waals surface area contributed by atoms with Gasteiger partial charge in [-0.25, -0.2) is 4.39 Å². The molecule has 1 atom stereocenters. The highest BCUT2D eigenvalue weighted by Gasteiger charge is 2.41. The van der Waals surface area contributed by atoms with Crippen molar-refractivity contribution >= 4 is 18.3 Å². The van der Waals surface area contributed by atoms with Crippen LogP contribution in [-0.4, -0.2) is 25.7 Å². The normalized spacial score (nSPS) is 16.7. The maximum absolute atomic E-state index is 13.8.